The van der Waals surface area contributed by atoms with Crippen LogP contribution in [0, 0.1) is 0 Å². The molecule has 0 amide bonds. The van der Waals surface area contributed by atoms with E-state index >= 15 is 0 Å². The van der Waals surface area contributed by atoms with Gasteiger partial charge in [0.05, 0.1) is 49.8 Å². The van der Waals surface area contributed by atoms with Crippen molar-refractivity contribution < 1.29 is 138 Å². The van der Waals surface area contributed by atoms with Crippen LogP contribution in [0.15, 0.2) is 32.4 Å². The van der Waals surface area contributed by atoms with E-state index in [9.17, 15) is 9.59 Å². The van der Waals surface area contributed by atoms with Gasteiger partial charge in [-0.15, -0.1) is 0 Å². The largest absolute Gasteiger partial charge is 1.00 e. The van der Waals surface area contributed by atoms with Crippen LogP contribution in [0.5, 0.6) is 0 Å². The number of hydrogen-bond donors (Lipinski definition) is 0. The third kappa shape index (κ3) is 31.7. The van der Waals surface area contributed by atoms with Crippen LogP contribution >= 0.6 is 47.8 Å². The molecule has 0 unspecified atom stereocenters. The SMILES string of the molecule is BrC1=CCN=C1.CCOC(=O)CCBr.CCOC(=O)CCn1cc(Br)cn1.O=CO[O-].[H-].[K+].[K+]. The Morgan fingerprint density at radius 3 is 2.03 bits per heavy atom. The summed E-state index contributed by atoms with van der Waals surface area (Å²) in [5.74, 6) is -0.321. The Labute approximate surface area is 305 Å². The van der Waals surface area contributed by atoms with Crippen molar-refractivity contribution in [3.05, 3.63) is 27.4 Å². The minimum Gasteiger partial charge on any atom is -1.00 e. The van der Waals surface area contributed by atoms with E-state index in [2.05, 4.69) is 67.5 Å². The summed E-state index contributed by atoms with van der Waals surface area (Å²) in [6.07, 6.45) is 8.15. The van der Waals surface area contributed by atoms with Crippen LogP contribution in [-0.4, -0.2) is 59.5 Å². The molecule has 15 heteroatoms. The topological polar surface area (TPSA) is 132 Å². The molecule has 0 aromatic carbocycles. The Hall–Kier alpha value is 1.70. The zero-order valence-electron chi connectivity index (χ0n) is 20.2. The van der Waals surface area contributed by atoms with Crippen molar-refractivity contribution in [3.63, 3.8) is 0 Å². The molecular weight excluding hydrogens is 688 g/mol. The van der Waals surface area contributed by atoms with Crippen LogP contribution < -0.4 is 108 Å². The number of aryl methyl sites for hydroxylation is 1. The molecule has 0 atom stereocenters. The van der Waals surface area contributed by atoms with E-state index in [-0.39, 0.29) is 123 Å². The third-order valence-corrected chi connectivity index (χ3v) is 4.04. The normalized spacial score (nSPS) is 10.1. The quantitative estimate of drug-likeness (QED) is 0.0690. The molecule has 0 bridgehead atoms. The summed E-state index contributed by atoms with van der Waals surface area (Å²) in [6.45, 7) is 5.73. The average Bonchev–Trinajstić information content (AvgIpc) is 3.39. The molecule has 0 fully saturated rings. The van der Waals surface area contributed by atoms with Crippen LogP contribution in [0.3, 0.4) is 0 Å². The van der Waals surface area contributed by atoms with Crippen molar-refractivity contribution >= 4 is 72.4 Å². The van der Waals surface area contributed by atoms with E-state index in [4.69, 9.17) is 14.8 Å². The fourth-order valence-corrected chi connectivity index (χ4v) is 2.48. The molecule has 0 radical (unpaired) electrons. The summed E-state index contributed by atoms with van der Waals surface area (Å²) in [5, 5.41) is 13.1. The summed E-state index contributed by atoms with van der Waals surface area (Å²) >= 11 is 9.64. The maximum absolute atomic E-state index is 10.9. The maximum atomic E-state index is 10.9. The first-order valence-electron chi connectivity index (χ1n) is 8.97. The Morgan fingerprint density at radius 2 is 1.73 bits per heavy atom. The van der Waals surface area contributed by atoms with Gasteiger partial charge >= 0.3 is 115 Å². The fourth-order valence-electron chi connectivity index (χ4n) is 1.54. The predicted molar refractivity (Wildman–Crippen MR) is 125 cm³/mol. The average molecular weight is 714 g/mol. The first-order valence-corrected chi connectivity index (χ1v) is 11.7. The first kappa shape index (κ1) is 41.8. The Bertz CT molecular complexity index is 689. The van der Waals surface area contributed by atoms with E-state index < -0.39 is 0 Å². The molecule has 0 spiro atoms. The first-order chi connectivity index (χ1) is 14.8. The van der Waals surface area contributed by atoms with E-state index in [1.807, 2.05) is 12.3 Å². The number of aliphatic imine (C=N–C) groups is 1. The summed E-state index contributed by atoms with van der Waals surface area (Å²) in [6, 6.07) is 0. The number of esters is 2. The Morgan fingerprint density at radius 1 is 1.18 bits per heavy atom. The van der Waals surface area contributed by atoms with Crippen LogP contribution in [0.4, 0.5) is 0 Å². The molecule has 10 nitrogen and oxygen atoms in total. The standard InChI is InChI=1S/C8H11BrN2O2.C5H9BrO2.C4H4BrN.CH2O3.2K.H/c1-2-13-8(12)3-4-11-6-7(9)5-10-11;1-2-8-5(7)3-4-6;5-4-1-2-6-3-4;2-1-4-3;;;/h5-6H,2-4H2,1H3;2-4H2,1H3;1,3H,2H2;1,3H;;;/q;;;;2*+1;-1/p-1. The summed E-state index contributed by atoms with van der Waals surface area (Å²) < 4.78 is 13.1. The van der Waals surface area contributed by atoms with Crippen molar-refractivity contribution in [3.8, 4) is 0 Å². The zero-order chi connectivity index (χ0) is 23.9. The second-order valence-electron chi connectivity index (χ2n) is 5.00. The number of carbonyl (C=O) groups excluding carboxylic acids is 3. The fraction of sp³-hybridized carbons (Fsp3) is 0.500. The summed E-state index contributed by atoms with van der Waals surface area (Å²) in [5.41, 5.74) is 0. The maximum Gasteiger partial charge on any atom is 1.00 e. The number of hydrogen-bond acceptors (Lipinski definition) is 9. The number of nitrogens with zero attached hydrogens (tertiary/aromatic N) is 3. The van der Waals surface area contributed by atoms with E-state index in [1.54, 1.807) is 30.9 Å². The molecule has 0 N–H and O–H groups in total. The molecule has 1 aliphatic rings. The van der Waals surface area contributed by atoms with Crippen molar-refractivity contribution in [2.45, 2.75) is 33.2 Å². The van der Waals surface area contributed by atoms with Gasteiger partial charge in [-0.25, -0.2) is 0 Å². The second-order valence-corrected chi connectivity index (χ2v) is 7.62. The minimum absolute atomic E-state index is 0. The smallest absolute Gasteiger partial charge is 1.00 e. The zero-order valence-corrected chi connectivity index (χ0v) is 30.2. The molecule has 2 heterocycles. The number of allylic oxidation sites excluding steroid dienone is 1. The van der Waals surface area contributed by atoms with Gasteiger partial charge in [0.1, 0.15) is 0 Å². The molecule has 1 aliphatic heterocycles. The van der Waals surface area contributed by atoms with Gasteiger partial charge in [-0.1, -0.05) is 15.9 Å². The van der Waals surface area contributed by atoms with Crippen molar-refractivity contribution in [2.75, 3.05) is 25.1 Å². The molecular formula is C18H26Br3K2N3O7. The molecule has 0 saturated carbocycles. The van der Waals surface area contributed by atoms with Gasteiger partial charge < -0.3 is 21.0 Å². The molecule has 1 aromatic heterocycles. The number of ether oxygens (including phenoxy) is 2. The van der Waals surface area contributed by atoms with Gasteiger partial charge in [0.2, 0.25) is 0 Å². The summed E-state index contributed by atoms with van der Waals surface area (Å²) in [7, 11) is 0. The van der Waals surface area contributed by atoms with Crippen molar-refractivity contribution in [2.24, 2.45) is 4.99 Å². The predicted octanol–water partition coefficient (Wildman–Crippen LogP) is -3.16. The van der Waals surface area contributed by atoms with Crippen LogP contribution in [0.1, 0.15) is 28.1 Å². The van der Waals surface area contributed by atoms with Gasteiger partial charge in [-0.05, 0) is 51.8 Å². The van der Waals surface area contributed by atoms with E-state index in [0.717, 1.165) is 15.5 Å². The van der Waals surface area contributed by atoms with Gasteiger partial charge in [0, 0.05) is 22.2 Å². The Balaban J connectivity index is -0.000000116. The number of alkyl halides is 1. The Kier molecular flexibility index (Phi) is 40.2. The number of rotatable bonds is 8. The number of halogens is 3. The van der Waals surface area contributed by atoms with Gasteiger partial charge in [0.25, 0.3) is 6.47 Å². The molecule has 0 aliphatic carbocycles. The number of carbonyl (C=O) groups is 3. The van der Waals surface area contributed by atoms with Crippen LogP contribution in [0.2, 0.25) is 0 Å². The molecule has 1 aromatic rings. The monoisotopic (exact) mass is 711 g/mol. The third-order valence-electron chi connectivity index (χ3n) is 2.70. The van der Waals surface area contributed by atoms with Gasteiger partial charge in [0.15, 0.2) is 0 Å². The van der Waals surface area contributed by atoms with E-state index in [1.165, 1.54) is 0 Å². The molecule has 178 valence electrons. The van der Waals surface area contributed by atoms with Crippen molar-refractivity contribution in [1.29, 1.82) is 0 Å². The molecule has 33 heavy (non-hydrogen) atoms. The molecule has 0 saturated heterocycles. The van der Waals surface area contributed by atoms with Crippen molar-refractivity contribution in [1.82, 2.24) is 9.78 Å². The van der Waals surface area contributed by atoms with E-state index in [0.29, 0.717) is 37.9 Å². The summed E-state index contributed by atoms with van der Waals surface area (Å²) in [4.78, 5) is 36.5. The van der Waals surface area contributed by atoms with Crippen LogP contribution in [-0.2, 0) is 35.3 Å². The number of aromatic nitrogens is 2. The second kappa shape index (κ2) is 31.7. The minimum atomic E-state index is -0.186. The van der Waals surface area contributed by atoms with Gasteiger partial charge in [-0.3, -0.25) is 24.1 Å². The molecule has 2 rings (SSSR count). The van der Waals surface area contributed by atoms with Crippen LogP contribution in [0.25, 0.3) is 0 Å². The van der Waals surface area contributed by atoms with Gasteiger partial charge in [-0.2, -0.15) is 5.10 Å².